The topological polar surface area (TPSA) is 85.2 Å². The zero-order chi connectivity index (χ0) is 21.0. The van der Waals surface area contributed by atoms with Crippen LogP contribution in [0.4, 0.5) is 8.78 Å². The third-order valence-corrected chi connectivity index (χ3v) is 4.22. The number of nitrogens with zero attached hydrogens (tertiary/aromatic N) is 2. The Kier molecular flexibility index (Phi) is 5.87. The van der Waals surface area contributed by atoms with Crippen LogP contribution in [0, 0.1) is 11.6 Å². The lowest BCUT2D eigenvalue weighted by Gasteiger charge is -2.17. The van der Waals surface area contributed by atoms with Crippen molar-refractivity contribution in [1.29, 1.82) is 0 Å². The van der Waals surface area contributed by atoms with Crippen molar-refractivity contribution in [3.8, 4) is 11.4 Å². The van der Waals surface area contributed by atoms with Crippen molar-refractivity contribution >= 4 is 11.8 Å². The number of methoxy groups -OCH3 is 1. The van der Waals surface area contributed by atoms with E-state index in [1.54, 1.807) is 37.6 Å². The number of halogens is 2. The van der Waals surface area contributed by atoms with E-state index < -0.39 is 29.5 Å². The number of rotatable bonds is 6. The number of carbonyl (C=O) groups excluding carboxylic acids is 2. The second-order valence-corrected chi connectivity index (χ2v) is 6.04. The van der Waals surface area contributed by atoms with E-state index in [-0.39, 0.29) is 11.3 Å². The van der Waals surface area contributed by atoms with E-state index in [9.17, 15) is 18.4 Å². The number of carbonyl (C=O) groups is 2. The van der Waals surface area contributed by atoms with Gasteiger partial charge in [-0.05, 0) is 48.0 Å². The molecule has 0 radical (unpaired) electrons. The number of ether oxygens (including phenoxy) is 1. The molecule has 7 nitrogen and oxygen atoms in total. The molecule has 1 atom stereocenters. The van der Waals surface area contributed by atoms with Crippen LogP contribution in [0.2, 0.25) is 0 Å². The highest BCUT2D eigenvalue weighted by Crippen LogP contribution is 2.18. The van der Waals surface area contributed by atoms with Crippen molar-refractivity contribution in [3.05, 3.63) is 77.6 Å². The molecule has 0 aliphatic rings. The van der Waals surface area contributed by atoms with Crippen LogP contribution in [0.1, 0.15) is 22.1 Å². The summed E-state index contributed by atoms with van der Waals surface area (Å²) in [5, 5.41) is 9.08. The van der Waals surface area contributed by atoms with Gasteiger partial charge in [-0.1, -0.05) is 6.07 Å². The number of amides is 2. The molecule has 1 unspecified atom stereocenters. The van der Waals surface area contributed by atoms with Gasteiger partial charge in [0.1, 0.15) is 11.8 Å². The fraction of sp³-hybridized carbons (Fsp3) is 0.150. The first kappa shape index (κ1) is 20.0. The fourth-order valence-corrected chi connectivity index (χ4v) is 2.67. The summed E-state index contributed by atoms with van der Waals surface area (Å²) in [6.45, 7) is 0. The van der Waals surface area contributed by atoms with E-state index in [0.29, 0.717) is 11.4 Å². The number of likely N-dealkylation sites (N-methyl/N-ethyl adjacent to an activating group) is 1. The van der Waals surface area contributed by atoms with E-state index in [2.05, 4.69) is 15.7 Å². The molecule has 2 amide bonds. The van der Waals surface area contributed by atoms with Gasteiger partial charge in [0.05, 0.1) is 12.8 Å². The zero-order valence-corrected chi connectivity index (χ0v) is 15.6. The Labute approximate surface area is 165 Å². The zero-order valence-electron chi connectivity index (χ0n) is 15.6. The molecular formula is C20H18F2N4O3. The molecule has 2 aromatic carbocycles. The maximum atomic E-state index is 13.6. The standard InChI is InChI=1S/C20H18F2N4O3/c1-23-20(28)18(12-3-8-15(21)16(22)11-12)24-19(27)17-9-10-26(25-17)13-4-6-14(29-2)7-5-13/h3-11,18H,1-2H3,(H,23,28)(H,24,27). The minimum atomic E-state index is -1.21. The minimum Gasteiger partial charge on any atom is -0.497 e. The van der Waals surface area contributed by atoms with Crippen LogP contribution in [0.5, 0.6) is 5.75 Å². The molecule has 1 aromatic heterocycles. The maximum Gasteiger partial charge on any atom is 0.272 e. The van der Waals surface area contributed by atoms with Gasteiger partial charge in [-0.25, -0.2) is 13.5 Å². The van der Waals surface area contributed by atoms with Gasteiger partial charge in [0.25, 0.3) is 5.91 Å². The van der Waals surface area contributed by atoms with Crippen LogP contribution in [0.25, 0.3) is 5.69 Å². The Morgan fingerprint density at radius 2 is 1.79 bits per heavy atom. The van der Waals surface area contributed by atoms with Crippen molar-refractivity contribution in [1.82, 2.24) is 20.4 Å². The van der Waals surface area contributed by atoms with Crippen molar-refractivity contribution in [2.75, 3.05) is 14.2 Å². The van der Waals surface area contributed by atoms with E-state index in [0.717, 1.165) is 12.1 Å². The van der Waals surface area contributed by atoms with E-state index in [4.69, 9.17) is 4.74 Å². The van der Waals surface area contributed by atoms with Crippen LogP contribution in [0.3, 0.4) is 0 Å². The summed E-state index contributed by atoms with van der Waals surface area (Å²) in [5.74, 6) is -2.71. The van der Waals surface area contributed by atoms with Crippen LogP contribution in [-0.2, 0) is 4.79 Å². The lowest BCUT2D eigenvalue weighted by molar-refractivity contribution is -0.122. The summed E-state index contributed by atoms with van der Waals surface area (Å²) in [4.78, 5) is 24.8. The summed E-state index contributed by atoms with van der Waals surface area (Å²) in [7, 11) is 2.93. The van der Waals surface area contributed by atoms with E-state index >= 15 is 0 Å². The molecule has 2 N–H and O–H groups in total. The largest absolute Gasteiger partial charge is 0.497 e. The Bertz CT molecular complexity index is 1030. The van der Waals surface area contributed by atoms with Crippen LogP contribution in [0.15, 0.2) is 54.7 Å². The van der Waals surface area contributed by atoms with Gasteiger partial charge in [0.2, 0.25) is 5.91 Å². The molecule has 0 bridgehead atoms. The van der Waals surface area contributed by atoms with Crippen LogP contribution < -0.4 is 15.4 Å². The summed E-state index contributed by atoms with van der Waals surface area (Å²) in [6.07, 6.45) is 1.59. The molecular weight excluding hydrogens is 382 g/mol. The Morgan fingerprint density at radius 1 is 1.07 bits per heavy atom. The molecule has 1 heterocycles. The van der Waals surface area contributed by atoms with Gasteiger partial charge in [0.15, 0.2) is 17.3 Å². The van der Waals surface area contributed by atoms with Crippen LogP contribution >= 0.6 is 0 Å². The second-order valence-electron chi connectivity index (χ2n) is 6.04. The molecule has 3 rings (SSSR count). The Balaban J connectivity index is 1.81. The normalized spacial score (nSPS) is 11.6. The molecule has 9 heteroatoms. The van der Waals surface area contributed by atoms with Gasteiger partial charge < -0.3 is 15.4 Å². The van der Waals surface area contributed by atoms with Gasteiger partial charge >= 0.3 is 0 Å². The monoisotopic (exact) mass is 400 g/mol. The van der Waals surface area contributed by atoms with Gasteiger partial charge in [-0.2, -0.15) is 5.10 Å². The smallest absolute Gasteiger partial charge is 0.272 e. The number of benzene rings is 2. The summed E-state index contributed by atoms with van der Waals surface area (Å²) >= 11 is 0. The number of hydrogen-bond donors (Lipinski definition) is 2. The molecule has 0 aliphatic carbocycles. The van der Waals surface area contributed by atoms with Crippen molar-refractivity contribution in [3.63, 3.8) is 0 Å². The number of hydrogen-bond acceptors (Lipinski definition) is 4. The summed E-state index contributed by atoms with van der Waals surface area (Å²) in [5.41, 5.74) is 0.858. The average molecular weight is 400 g/mol. The number of aromatic nitrogens is 2. The van der Waals surface area contributed by atoms with Crippen molar-refractivity contribution in [2.24, 2.45) is 0 Å². The molecule has 0 aliphatic heterocycles. The Morgan fingerprint density at radius 3 is 2.41 bits per heavy atom. The predicted octanol–water partition coefficient (Wildman–Crippen LogP) is 2.38. The molecule has 150 valence electrons. The first-order chi connectivity index (χ1) is 13.9. The molecule has 0 saturated heterocycles. The lowest BCUT2D eigenvalue weighted by atomic mass is 10.1. The third-order valence-electron chi connectivity index (χ3n) is 4.22. The van der Waals surface area contributed by atoms with Gasteiger partial charge in [0, 0.05) is 13.2 Å². The number of nitrogens with one attached hydrogen (secondary N) is 2. The third kappa shape index (κ3) is 4.40. The van der Waals surface area contributed by atoms with E-state index in [1.807, 2.05) is 0 Å². The van der Waals surface area contributed by atoms with Gasteiger partial charge in [-0.3, -0.25) is 9.59 Å². The predicted molar refractivity (Wildman–Crippen MR) is 101 cm³/mol. The molecule has 3 aromatic rings. The lowest BCUT2D eigenvalue weighted by Crippen LogP contribution is -2.39. The van der Waals surface area contributed by atoms with E-state index in [1.165, 1.54) is 23.9 Å². The second kappa shape index (κ2) is 8.51. The molecule has 0 spiro atoms. The Hall–Kier alpha value is -3.75. The average Bonchev–Trinajstić information content (AvgIpc) is 3.24. The highest BCUT2D eigenvalue weighted by molar-refractivity contribution is 5.96. The highest BCUT2D eigenvalue weighted by Gasteiger charge is 2.24. The summed E-state index contributed by atoms with van der Waals surface area (Å²) < 4.78 is 33.4. The maximum absolute atomic E-state index is 13.6. The summed E-state index contributed by atoms with van der Waals surface area (Å²) in [6, 6.07) is 10.3. The fourth-order valence-electron chi connectivity index (χ4n) is 2.67. The SMILES string of the molecule is CNC(=O)C(NC(=O)c1ccn(-c2ccc(OC)cc2)n1)c1ccc(F)c(F)c1. The highest BCUT2D eigenvalue weighted by atomic mass is 19.2. The molecule has 0 fully saturated rings. The van der Waals surface area contributed by atoms with Crippen molar-refractivity contribution < 1.29 is 23.1 Å². The minimum absolute atomic E-state index is 0.0531. The first-order valence-corrected chi connectivity index (χ1v) is 8.60. The van der Waals surface area contributed by atoms with Crippen LogP contribution in [-0.4, -0.2) is 35.8 Å². The molecule has 29 heavy (non-hydrogen) atoms. The van der Waals surface area contributed by atoms with Crippen molar-refractivity contribution in [2.45, 2.75) is 6.04 Å². The quantitative estimate of drug-likeness (QED) is 0.665. The van der Waals surface area contributed by atoms with Gasteiger partial charge in [-0.15, -0.1) is 0 Å². The first-order valence-electron chi connectivity index (χ1n) is 8.60. The molecule has 0 saturated carbocycles.